The molecule has 0 radical (unpaired) electrons. The van der Waals surface area contributed by atoms with E-state index in [2.05, 4.69) is 39.5 Å². The summed E-state index contributed by atoms with van der Waals surface area (Å²) in [6.45, 7) is 21.0. The molecule has 0 rings (SSSR count). The molecule has 0 spiro atoms. The summed E-state index contributed by atoms with van der Waals surface area (Å²) in [5.74, 6) is -11.7. The van der Waals surface area contributed by atoms with Crippen LogP contribution in [0.4, 0.5) is 26.3 Å². The minimum Gasteiger partial charge on any atom is -0.203 e. The topological polar surface area (TPSA) is 0 Å². The number of hydrogen-bond donors (Lipinski definition) is 0. The molecule has 0 saturated carbocycles. The number of rotatable bonds is 9. The molecule has 142 valence electrons. The smallest absolute Gasteiger partial charge is 0.203 e. The van der Waals surface area contributed by atoms with E-state index in [1.54, 1.807) is 0 Å². The summed E-state index contributed by atoms with van der Waals surface area (Å²) in [6.07, 6.45) is 1.86. The van der Waals surface area contributed by atoms with Crippen molar-refractivity contribution in [3.05, 3.63) is 96.7 Å². The van der Waals surface area contributed by atoms with Gasteiger partial charge in [-0.05, 0) is 36.1 Å². The molecule has 0 nitrogen and oxygen atoms in total. The molecule has 0 saturated heterocycles. The van der Waals surface area contributed by atoms with Crippen LogP contribution in [0.1, 0.15) is 13.8 Å². The molecule has 0 bridgehead atoms. The predicted octanol–water partition coefficient (Wildman–Crippen LogP) is 7.34. The Balaban J connectivity index is 5.47. The molecule has 0 aliphatic rings. The molecule has 0 aromatic carbocycles. The molecule has 0 amide bonds. The Morgan fingerprint density at radius 3 is 1.50 bits per heavy atom. The van der Waals surface area contributed by atoms with Crippen molar-refractivity contribution >= 4 is 0 Å². The second-order valence-electron chi connectivity index (χ2n) is 5.68. The highest BCUT2D eigenvalue weighted by Crippen LogP contribution is 2.45. The van der Waals surface area contributed by atoms with Gasteiger partial charge < -0.3 is 0 Å². The lowest BCUT2D eigenvalue weighted by molar-refractivity contribution is -0.159. The Kier molecular flexibility index (Phi) is 7.46. The summed E-state index contributed by atoms with van der Waals surface area (Å²) in [5.41, 5.74) is -3.65. The first-order valence-corrected chi connectivity index (χ1v) is 7.17. The van der Waals surface area contributed by atoms with Gasteiger partial charge in [0.15, 0.2) is 11.7 Å². The fourth-order valence-corrected chi connectivity index (χ4v) is 1.52. The number of allylic oxidation sites excluding steroid dienone is 10. The first-order chi connectivity index (χ1) is 11.6. The van der Waals surface area contributed by atoms with Crippen molar-refractivity contribution < 1.29 is 26.3 Å². The molecule has 0 aliphatic carbocycles. The van der Waals surface area contributed by atoms with Gasteiger partial charge in [-0.1, -0.05) is 51.6 Å². The molecule has 26 heavy (non-hydrogen) atoms. The van der Waals surface area contributed by atoms with Crippen molar-refractivity contribution in [2.75, 3.05) is 0 Å². The van der Waals surface area contributed by atoms with Crippen molar-refractivity contribution in [2.24, 2.45) is 0 Å². The second kappa shape index (κ2) is 8.25. The van der Waals surface area contributed by atoms with Crippen LogP contribution in [0.5, 0.6) is 0 Å². The quantitative estimate of drug-likeness (QED) is 0.225. The maximum absolute atomic E-state index is 13.9. The van der Waals surface area contributed by atoms with Crippen LogP contribution in [0.3, 0.4) is 0 Å². The highest BCUT2D eigenvalue weighted by atomic mass is 19.3. The molecular formula is C20H20F6. The Bertz CT molecular complexity index is 744. The van der Waals surface area contributed by atoms with Crippen LogP contribution >= 0.6 is 0 Å². The van der Waals surface area contributed by atoms with E-state index in [0.29, 0.717) is 0 Å². The van der Waals surface area contributed by atoms with E-state index >= 15 is 0 Å². The normalized spacial score (nSPS) is 13.2. The third-order valence-electron chi connectivity index (χ3n) is 3.40. The summed E-state index contributed by atoms with van der Waals surface area (Å²) >= 11 is 0. The molecule has 0 aromatic heterocycles. The van der Waals surface area contributed by atoms with E-state index in [1.165, 1.54) is 6.92 Å². The largest absolute Gasteiger partial charge is 0.339 e. The van der Waals surface area contributed by atoms with Crippen LogP contribution in [0.2, 0.25) is 0 Å². The summed E-state index contributed by atoms with van der Waals surface area (Å²) in [4.78, 5) is 0. The Labute approximate surface area is 149 Å². The zero-order valence-corrected chi connectivity index (χ0v) is 14.7. The van der Waals surface area contributed by atoms with Gasteiger partial charge in [0.25, 0.3) is 0 Å². The molecule has 0 heterocycles. The van der Waals surface area contributed by atoms with Gasteiger partial charge >= 0.3 is 11.8 Å². The maximum atomic E-state index is 13.9. The minimum absolute atomic E-state index is 0.178. The number of alkyl halides is 4. The fourth-order valence-electron chi connectivity index (χ4n) is 1.52. The SMILES string of the molecule is C=C(/C=C\C(=C)C(=C)C(F)(F)C(F)(F)C(=C)C)C(=C)/C(F)=C(/F)C(=C)C. The molecule has 0 fully saturated rings. The molecule has 0 atom stereocenters. The van der Waals surface area contributed by atoms with Gasteiger partial charge in [0.2, 0.25) is 0 Å². The van der Waals surface area contributed by atoms with Gasteiger partial charge in [-0.3, -0.25) is 0 Å². The van der Waals surface area contributed by atoms with E-state index in [-0.39, 0.29) is 11.1 Å². The molecular weight excluding hydrogens is 354 g/mol. The molecule has 6 heteroatoms. The molecule has 0 unspecified atom stereocenters. The van der Waals surface area contributed by atoms with Gasteiger partial charge in [-0.25, -0.2) is 8.78 Å². The van der Waals surface area contributed by atoms with Crippen LogP contribution < -0.4 is 0 Å². The van der Waals surface area contributed by atoms with Crippen LogP contribution in [0, 0.1) is 0 Å². The lowest BCUT2D eigenvalue weighted by Gasteiger charge is -2.28. The average molecular weight is 374 g/mol. The van der Waals surface area contributed by atoms with Gasteiger partial charge in [0, 0.05) is 11.1 Å². The third kappa shape index (κ3) is 4.77. The minimum atomic E-state index is -4.63. The van der Waals surface area contributed by atoms with Gasteiger partial charge in [-0.15, -0.1) is 0 Å². The van der Waals surface area contributed by atoms with Crippen LogP contribution in [-0.4, -0.2) is 11.8 Å². The summed E-state index contributed by atoms with van der Waals surface area (Å²) in [7, 11) is 0. The highest BCUT2D eigenvalue weighted by molar-refractivity contribution is 5.52. The van der Waals surface area contributed by atoms with Crippen molar-refractivity contribution in [3.8, 4) is 0 Å². The van der Waals surface area contributed by atoms with Crippen LogP contribution in [-0.2, 0) is 0 Å². The van der Waals surface area contributed by atoms with Crippen molar-refractivity contribution in [2.45, 2.75) is 25.7 Å². The lowest BCUT2D eigenvalue weighted by atomic mass is 9.93. The average Bonchev–Trinajstić information content (AvgIpc) is 2.55. The standard InChI is InChI=1S/C20H20F6/c1-11(2)17(21)18(22)15(7)13(5)9-10-14(6)16(8)20(25,26)19(23,24)12(3)4/h9-10H,1,3,5-8H2,2,4H3/b10-9-,18-17-. The number of hydrogen-bond acceptors (Lipinski definition) is 0. The van der Waals surface area contributed by atoms with E-state index < -0.39 is 45.8 Å². The zero-order chi connectivity index (χ0) is 21.0. The Morgan fingerprint density at radius 1 is 0.692 bits per heavy atom. The first-order valence-electron chi connectivity index (χ1n) is 7.17. The van der Waals surface area contributed by atoms with Crippen molar-refractivity contribution in [1.29, 1.82) is 0 Å². The predicted molar refractivity (Wildman–Crippen MR) is 94.5 cm³/mol. The van der Waals surface area contributed by atoms with Crippen molar-refractivity contribution in [1.82, 2.24) is 0 Å². The summed E-state index contributed by atoms with van der Waals surface area (Å²) in [5, 5.41) is 0. The van der Waals surface area contributed by atoms with Crippen LogP contribution in [0.25, 0.3) is 0 Å². The maximum Gasteiger partial charge on any atom is 0.339 e. The Hall–Kier alpha value is -2.50. The van der Waals surface area contributed by atoms with E-state index in [9.17, 15) is 26.3 Å². The third-order valence-corrected chi connectivity index (χ3v) is 3.40. The van der Waals surface area contributed by atoms with Gasteiger partial charge in [-0.2, -0.15) is 17.6 Å². The molecule has 0 N–H and O–H groups in total. The summed E-state index contributed by atoms with van der Waals surface area (Å²) in [6, 6.07) is 0. The summed E-state index contributed by atoms with van der Waals surface area (Å²) < 4.78 is 82.4. The number of halogens is 6. The second-order valence-corrected chi connectivity index (χ2v) is 5.68. The van der Waals surface area contributed by atoms with E-state index in [0.717, 1.165) is 19.1 Å². The van der Waals surface area contributed by atoms with Gasteiger partial charge in [0.05, 0.1) is 0 Å². The van der Waals surface area contributed by atoms with Crippen LogP contribution in [0.15, 0.2) is 96.7 Å². The van der Waals surface area contributed by atoms with E-state index in [1.807, 2.05) is 0 Å². The zero-order valence-electron chi connectivity index (χ0n) is 14.7. The molecule has 0 aliphatic heterocycles. The molecule has 0 aromatic rings. The fraction of sp³-hybridized carbons (Fsp3) is 0.200. The monoisotopic (exact) mass is 374 g/mol. The highest BCUT2D eigenvalue weighted by Gasteiger charge is 2.58. The Morgan fingerprint density at radius 2 is 1.12 bits per heavy atom. The van der Waals surface area contributed by atoms with E-state index in [4.69, 9.17) is 0 Å². The van der Waals surface area contributed by atoms with Gasteiger partial charge in [0.1, 0.15) is 0 Å². The first kappa shape index (κ1) is 23.5. The van der Waals surface area contributed by atoms with Crippen molar-refractivity contribution in [3.63, 3.8) is 0 Å². The lowest BCUT2D eigenvalue weighted by Crippen LogP contribution is -2.42.